The number of hydrogen-bond acceptors (Lipinski definition) is 6. The highest BCUT2D eigenvalue weighted by atomic mass is 16.5. The number of hydrogen-bond donors (Lipinski definition) is 3. The van der Waals surface area contributed by atoms with Gasteiger partial charge in [0.1, 0.15) is 6.61 Å². The molecule has 0 aliphatic heterocycles. The quantitative estimate of drug-likeness (QED) is 0.135. The van der Waals surface area contributed by atoms with Crippen molar-refractivity contribution in [2.24, 2.45) is 56.7 Å². The molecule has 3 N–H and O–H groups in total. The number of benzene rings is 1. The van der Waals surface area contributed by atoms with Crippen molar-refractivity contribution >= 4 is 29.4 Å². The predicted octanol–water partition coefficient (Wildman–Crippen LogP) is 8.49. The number of amides is 1. The summed E-state index contributed by atoms with van der Waals surface area (Å²) in [7, 11) is 1.94. The fourth-order valence-corrected chi connectivity index (χ4v) is 13.7. The highest BCUT2D eigenvalue weighted by molar-refractivity contribution is 5.88. The minimum absolute atomic E-state index is 0.0480. The fourth-order valence-electron chi connectivity index (χ4n) is 13.7. The molecule has 5 aliphatic carbocycles. The molecule has 1 aromatic rings. The van der Waals surface area contributed by atoms with Crippen molar-refractivity contribution in [2.75, 3.05) is 33.3 Å². The monoisotopic (exact) mass is 758 g/mol. The van der Waals surface area contributed by atoms with E-state index in [0.717, 1.165) is 44.1 Å². The Labute approximate surface area is 328 Å². The van der Waals surface area contributed by atoms with Gasteiger partial charge in [-0.15, -0.1) is 0 Å². The average molecular weight is 759 g/mol. The molecule has 4 saturated carbocycles. The highest BCUT2D eigenvalue weighted by Gasteiger charge is 2.71. The first-order valence-electron chi connectivity index (χ1n) is 20.9. The zero-order chi connectivity index (χ0) is 40.1. The number of rotatable bonds is 13. The van der Waals surface area contributed by atoms with E-state index >= 15 is 0 Å². The van der Waals surface area contributed by atoms with Crippen LogP contribution in [-0.2, 0) is 19.1 Å². The van der Waals surface area contributed by atoms with Gasteiger partial charge in [0.2, 0.25) is 5.91 Å². The van der Waals surface area contributed by atoms with Crippen LogP contribution in [-0.4, -0.2) is 72.2 Å². The molecule has 55 heavy (non-hydrogen) atoms. The number of aliphatic carboxylic acids is 1. The van der Waals surface area contributed by atoms with Gasteiger partial charge in [0.25, 0.3) is 0 Å². The van der Waals surface area contributed by atoms with Crippen LogP contribution in [0.1, 0.15) is 128 Å². The Kier molecular flexibility index (Phi) is 11.3. The second-order valence-corrected chi connectivity index (χ2v) is 19.4. The first kappa shape index (κ1) is 41.2. The summed E-state index contributed by atoms with van der Waals surface area (Å²) in [5, 5.41) is 21.7. The van der Waals surface area contributed by atoms with E-state index in [9.17, 15) is 24.3 Å². The number of esters is 1. The molecule has 9 atom stereocenters. The summed E-state index contributed by atoms with van der Waals surface area (Å²) in [6.45, 7) is 21.2. The van der Waals surface area contributed by atoms with Crippen molar-refractivity contribution in [1.82, 2.24) is 10.2 Å². The normalized spacial score (nSPS) is 36.0. The van der Waals surface area contributed by atoms with Gasteiger partial charge >= 0.3 is 17.9 Å². The maximum atomic E-state index is 14.5. The number of carbonyl (C=O) groups is 4. The third-order valence-electron chi connectivity index (χ3n) is 16.6. The van der Waals surface area contributed by atoms with Crippen LogP contribution in [0.5, 0.6) is 0 Å². The summed E-state index contributed by atoms with van der Waals surface area (Å²) in [5.74, 6) is -0.0651. The molecule has 0 spiro atoms. The first-order valence-corrected chi connectivity index (χ1v) is 20.9. The molecule has 0 aromatic heterocycles. The molecule has 0 heterocycles. The van der Waals surface area contributed by atoms with Crippen LogP contribution in [0.25, 0.3) is 5.57 Å². The molecular formula is C46H66N2O7. The van der Waals surface area contributed by atoms with Gasteiger partial charge < -0.3 is 25.2 Å². The second-order valence-electron chi connectivity index (χ2n) is 19.4. The zero-order valence-electron chi connectivity index (χ0n) is 34.5. The smallest absolute Gasteiger partial charge is 0.335 e. The van der Waals surface area contributed by atoms with Crippen LogP contribution in [0.4, 0.5) is 0 Å². The number of carbonyl (C=O) groups excluding carboxylic acids is 2. The van der Waals surface area contributed by atoms with Crippen molar-refractivity contribution in [3.05, 3.63) is 53.6 Å². The number of fused-ring (bicyclic) bond motifs is 7. The lowest BCUT2D eigenvalue weighted by Crippen LogP contribution is -2.66. The van der Waals surface area contributed by atoms with Crippen LogP contribution in [0, 0.1) is 56.7 Å². The van der Waals surface area contributed by atoms with Crippen molar-refractivity contribution < 1.29 is 34.1 Å². The molecule has 4 fully saturated rings. The Hall–Kier alpha value is -3.46. The number of ether oxygens (including phenoxy) is 1. The first-order chi connectivity index (χ1) is 25.8. The SMILES string of the molecule is C=C(C)[C@@H]1CC[C@]2(C(=O)NCCN(C)CCOC(=O)CCC(=O)O)CC[C@]3(C)C(CCC4[C@@]5(C)CC=C(c6ccc(C(=O)O)cc6)C(C)(C)C5CC[C@]43C)C12. The van der Waals surface area contributed by atoms with Crippen LogP contribution in [0.15, 0.2) is 42.5 Å². The molecule has 0 bridgehead atoms. The van der Waals surface area contributed by atoms with Crippen molar-refractivity contribution in [1.29, 1.82) is 0 Å². The molecule has 0 radical (unpaired) electrons. The number of aromatic carboxylic acids is 1. The Bertz CT molecular complexity index is 1720. The average Bonchev–Trinajstić information content (AvgIpc) is 3.52. The standard InChI is InChI=1S/C46H66N2O7/c1-29(2)32-17-22-46(41(54)47-25-26-48(8)27-28-55-38(51)16-15-37(49)50)24-23-44(6)34(39(32)46)13-14-36-43(5)20-18-33(30-9-11-31(12-10-30)40(52)53)42(3,4)35(43)19-21-45(36,44)7/h9-12,18,32,34-36,39H,1,13-17,19-28H2,2-8H3,(H,47,54)(H,49,50)(H,52,53)/t32-,34?,35?,36?,39?,43-,44+,45+,46-/m0/s1. The van der Waals surface area contributed by atoms with Gasteiger partial charge in [-0.05, 0) is 146 Å². The summed E-state index contributed by atoms with van der Waals surface area (Å²) < 4.78 is 5.20. The highest BCUT2D eigenvalue weighted by Crippen LogP contribution is 2.77. The molecular weight excluding hydrogens is 693 g/mol. The van der Waals surface area contributed by atoms with Gasteiger partial charge in [-0.2, -0.15) is 0 Å². The van der Waals surface area contributed by atoms with Gasteiger partial charge in [0.15, 0.2) is 0 Å². The summed E-state index contributed by atoms with van der Waals surface area (Å²) in [4.78, 5) is 50.7. The summed E-state index contributed by atoms with van der Waals surface area (Å²) in [6, 6.07) is 7.47. The predicted molar refractivity (Wildman–Crippen MR) is 214 cm³/mol. The minimum atomic E-state index is -1.02. The lowest BCUT2D eigenvalue weighted by atomic mass is 9.32. The lowest BCUT2D eigenvalue weighted by Gasteiger charge is -2.72. The van der Waals surface area contributed by atoms with E-state index < -0.39 is 23.3 Å². The lowest BCUT2D eigenvalue weighted by molar-refractivity contribution is -0.225. The number of nitrogens with zero attached hydrogens (tertiary/aromatic N) is 1. The van der Waals surface area contributed by atoms with E-state index in [1.54, 1.807) is 12.1 Å². The maximum Gasteiger partial charge on any atom is 0.335 e. The van der Waals surface area contributed by atoms with Crippen LogP contribution < -0.4 is 5.32 Å². The van der Waals surface area contributed by atoms with Crippen molar-refractivity contribution in [3.8, 4) is 0 Å². The molecule has 0 saturated heterocycles. The molecule has 1 aromatic carbocycles. The number of carboxylic acids is 2. The van der Waals surface area contributed by atoms with E-state index in [-0.39, 0.29) is 52.9 Å². The number of nitrogens with one attached hydrogen (secondary N) is 1. The van der Waals surface area contributed by atoms with Gasteiger partial charge in [0, 0.05) is 19.6 Å². The summed E-state index contributed by atoms with van der Waals surface area (Å²) in [5.41, 5.74) is 3.99. The van der Waals surface area contributed by atoms with Gasteiger partial charge in [-0.3, -0.25) is 14.4 Å². The Morgan fingerprint density at radius 2 is 1.58 bits per heavy atom. The molecule has 9 nitrogen and oxygen atoms in total. The van der Waals surface area contributed by atoms with Crippen molar-refractivity contribution in [2.45, 2.75) is 112 Å². The molecule has 1 amide bonds. The summed E-state index contributed by atoms with van der Waals surface area (Å²) in [6.07, 6.45) is 11.7. The van der Waals surface area contributed by atoms with Gasteiger partial charge in [0.05, 0.1) is 23.8 Å². The van der Waals surface area contributed by atoms with E-state index in [0.29, 0.717) is 48.9 Å². The topological polar surface area (TPSA) is 133 Å². The Morgan fingerprint density at radius 1 is 0.873 bits per heavy atom. The van der Waals surface area contributed by atoms with Crippen molar-refractivity contribution in [3.63, 3.8) is 0 Å². The summed E-state index contributed by atoms with van der Waals surface area (Å²) >= 11 is 0. The van der Waals surface area contributed by atoms with E-state index in [1.165, 1.54) is 30.4 Å². The van der Waals surface area contributed by atoms with E-state index in [1.807, 2.05) is 24.1 Å². The van der Waals surface area contributed by atoms with E-state index in [2.05, 4.69) is 59.5 Å². The Balaban J connectivity index is 1.18. The molecule has 6 rings (SSSR count). The third kappa shape index (κ3) is 6.99. The fraction of sp³-hybridized carbons (Fsp3) is 0.696. The van der Waals surface area contributed by atoms with Gasteiger partial charge in [-0.25, -0.2) is 4.79 Å². The second kappa shape index (κ2) is 15.1. The van der Waals surface area contributed by atoms with E-state index in [4.69, 9.17) is 9.84 Å². The largest absolute Gasteiger partial charge is 0.481 e. The third-order valence-corrected chi connectivity index (χ3v) is 16.6. The molecule has 4 unspecified atom stereocenters. The number of allylic oxidation sites excluding steroid dienone is 3. The maximum absolute atomic E-state index is 14.5. The van der Waals surface area contributed by atoms with Gasteiger partial charge in [-0.1, -0.05) is 65.0 Å². The molecule has 302 valence electrons. The zero-order valence-corrected chi connectivity index (χ0v) is 34.5. The minimum Gasteiger partial charge on any atom is -0.481 e. The Morgan fingerprint density at radius 3 is 2.24 bits per heavy atom. The van der Waals surface area contributed by atoms with Crippen LogP contribution >= 0.6 is 0 Å². The van der Waals surface area contributed by atoms with Crippen LogP contribution in [0.3, 0.4) is 0 Å². The number of carboxylic acid groups (broad SMARTS) is 2. The number of likely N-dealkylation sites (N-methyl/N-ethyl adjacent to an activating group) is 1. The van der Waals surface area contributed by atoms with Crippen LogP contribution in [0.2, 0.25) is 0 Å². The molecule has 5 aliphatic rings. The molecule has 9 heteroatoms.